The molecule has 2 N–H and O–H groups in total. The van der Waals surface area contributed by atoms with Gasteiger partial charge in [-0.25, -0.2) is 0 Å². The molecule has 4 nitrogen and oxygen atoms in total. The van der Waals surface area contributed by atoms with Gasteiger partial charge in [-0.2, -0.15) is 5.26 Å². The maximum absolute atomic E-state index is 11.8. The van der Waals surface area contributed by atoms with Crippen LogP contribution in [0.3, 0.4) is 0 Å². The topological polar surface area (TPSA) is 64.9 Å². The predicted molar refractivity (Wildman–Crippen MR) is 83.8 cm³/mol. The van der Waals surface area contributed by atoms with Crippen LogP contribution in [0.2, 0.25) is 0 Å². The van der Waals surface area contributed by atoms with Gasteiger partial charge in [0, 0.05) is 12.2 Å². The SMILES string of the molecule is N#Cc1cccc(NCC(=O)NCCC2=CCCCC2)c1. The lowest BCUT2D eigenvalue weighted by atomic mass is 9.97. The van der Waals surface area contributed by atoms with Gasteiger partial charge in [-0.05, 0) is 50.3 Å². The molecule has 1 aromatic carbocycles. The monoisotopic (exact) mass is 283 g/mol. The van der Waals surface area contributed by atoms with Crippen molar-refractivity contribution in [1.29, 1.82) is 5.26 Å². The lowest BCUT2D eigenvalue weighted by Crippen LogP contribution is -2.30. The fourth-order valence-corrected chi connectivity index (χ4v) is 2.44. The summed E-state index contributed by atoms with van der Waals surface area (Å²) in [6.07, 6.45) is 8.18. The minimum atomic E-state index is -0.0197. The molecular weight excluding hydrogens is 262 g/mol. The van der Waals surface area contributed by atoms with Gasteiger partial charge in [0.05, 0.1) is 18.2 Å². The zero-order valence-corrected chi connectivity index (χ0v) is 12.2. The van der Waals surface area contributed by atoms with Gasteiger partial charge in [0.15, 0.2) is 0 Å². The maximum atomic E-state index is 11.8. The molecule has 0 spiro atoms. The zero-order chi connectivity index (χ0) is 14.9. The molecular formula is C17H21N3O. The molecule has 0 aliphatic heterocycles. The van der Waals surface area contributed by atoms with E-state index in [4.69, 9.17) is 5.26 Å². The number of nitriles is 1. The number of hydrogen-bond donors (Lipinski definition) is 2. The molecule has 0 bridgehead atoms. The maximum Gasteiger partial charge on any atom is 0.239 e. The van der Waals surface area contributed by atoms with Crippen LogP contribution in [0.4, 0.5) is 5.69 Å². The van der Waals surface area contributed by atoms with E-state index < -0.39 is 0 Å². The normalized spacial score (nSPS) is 14.0. The Labute approximate surface area is 125 Å². The van der Waals surface area contributed by atoms with Crippen LogP contribution in [0, 0.1) is 11.3 Å². The number of hydrogen-bond acceptors (Lipinski definition) is 3. The molecule has 0 atom stereocenters. The summed E-state index contributed by atoms with van der Waals surface area (Å²) < 4.78 is 0. The molecule has 1 aliphatic rings. The van der Waals surface area contributed by atoms with Gasteiger partial charge in [-0.15, -0.1) is 0 Å². The largest absolute Gasteiger partial charge is 0.376 e. The first kappa shape index (κ1) is 15.1. The third-order valence-electron chi connectivity index (χ3n) is 3.60. The summed E-state index contributed by atoms with van der Waals surface area (Å²) in [5, 5.41) is 14.8. The highest BCUT2D eigenvalue weighted by Gasteiger charge is 2.05. The molecule has 0 heterocycles. The van der Waals surface area contributed by atoms with Crippen molar-refractivity contribution in [3.63, 3.8) is 0 Å². The summed E-state index contributed by atoms with van der Waals surface area (Å²) in [5.41, 5.74) is 2.85. The molecule has 0 aromatic heterocycles. The van der Waals surface area contributed by atoms with E-state index in [1.54, 1.807) is 18.2 Å². The molecule has 0 fully saturated rings. The molecule has 1 aliphatic carbocycles. The van der Waals surface area contributed by atoms with Crippen molar-refractivity contribution in [1.82, 2.24) is 5.32 Å². The number of allylic oxidation sites excluding steroid dienone is 1. The molecule has 2 rings (SSSR count). The Morgan fingerprint density at radius 3 is 3.00 bits per heavy atom. The summed E-state index contributed by atoms with van der Waals surface area (Å²) >= 11 is 0. The van der Waals surface area contributed by atoms with Crippen molar-refractivity contribution >= 4 is 11.6 Å². The molecule has 0 saturated heterocycles. The molecule has 1 aromatic rings. The fraction of sp³-hybridized carbons (Fsp3) is 0.412. The number of anilines is 1. The van der Waals surface area contributed by atoms with Crippen molar-refractivity contribution in [2.75, 3.05) is 18.4 Å². The summed E-state index contributed by atoms with van der Waals surface area (Å²) in [4.78, 5) is 11.8. The van der Waals surface area contributed by atoms with E-state index >= 15 is 0 Å². The highest BCUT2D eigenvalue weighted by Crippen LogP contribution is 2.19. The summed E-state index contributed by atoms with van der Waals surface area (Å²) in [5.74, 6) is -0.0197. The van der Waals surface area contributed by atoms with E-state index in [2.05, 4.69) is 22.8 Å². The number of nitrogens with zero attached hydrogens (tertiary/aromatic N) is 1. The molecule has 1 amide bonds. The van der Waals surface area contributed by atoms with Crippen LogP contribution in [-0.4, -0.2) is 19.0 Å². The van der Waals surface area contributed by atoms with Crippen molar-refractivity contribution in [2.24, 2.45) is 0 Å². The predicted octanol–water partition coefficient (Wildman–Crippen LogP) is 2.98. The Kier molecular flexibility index (Phi) is 5.83. The fourth-order valence-electron chi connectivity index (χ4n) is 2.44. The molecule has 4 heteroatoms. The average molecular weight is 283 g/mol. The Morgan fingerprint density at radius 1 is 1.33 bits per heavy atom. The molecule has 21 heavy (non-hydrogen) atoms. The number of carbonyl (C=O) groups is 1. The van der Waals surface area contributed by atoms with Crippen molar-refractivity contribution in [3.8, 4) is 6.07 Å². The van der Waals surface area contributed by atoms with Gasteiger partial charge in [-0.3, -0.25) is 4.79 Å². The van der Waals surface area contributed by atoms with Crippen molar-refractivity contribution in [3.05, 3.63) is 41.5 Å². The number of amides is 1. The summed E-state index contributed by atoms with van der Waals surface area (Å²) in [7, 11) is 0. The quantitative estimate of drug-likeness (QED) is 0.789. The van der Waals surface area contributed by atoms with Crippen LogP contribution in [0.5, 0.6) is 0 Å². The van der Waals surface area contributed by atoms with Crippen LogP contribution in [0.25, 0.3) is 0 Å². The van der Waals surface area contributed by atoms with E-state index in [-0.39, 0.29) is 12.5 Å². The second kappa shape index (κ2) is 8.11. The van der Waals surface area contributed by atoms with Crippen molar-refractivity contribution < 1.29 is 4.79 Å². The van der Waals surface area contributed by atoms with Gasteiger partial charge in [-0.1, -0.05) is 17.7 Å². The molecule has 0 unspecified atom stereocenters. The van der Waals surface area contributed by atoms with Gasteiger partial charge < -0.3 is 10.6 Å². The Bertz CT molecular complexity index is 557. The van der Waals surface area contributed by atoms with Crippen LogP contribution in [0.15, 0.2) is 35.9 Å². The zero-order valence-electron chi connectivity index (χ0n) is 12.2. The Morgan fingerprint density at radius 2 is 2.24 bits per heavy atom. The number of rotatable bonds is 6. The van der Waals surface area contributed by atoms with Gasteiger partial charge in [0.1, 0.15) is 0 Å². The van der Waals surface area contributed by atoms with E-state index in [1.165, 1.54) is 31.3 Å². The van der Waals surface area contributed by atoms with E-state index in [9.17, 15) is 4.79 Å². The summed E-state index contributed by atoms with van der Waals surface area (Å²) in [6.45, 7) is 0.929. The standard InChI is InChI=1S/C17H21N3O/c18-12-15-7-4-8-16(11-15)20-13-17(21)19-10-9-14-5-2-1-3-6-14/h4-5,7-8,11,20H,1-3,6,9-10,13H2,(H,19,21). The minimum absolute atomic E-state index is 0.0197. The third kappa shape index (κ3) is 5.31. The van der Waals surface area contributed by atoms with Crippen molar-refractivity contribution in [2.45, 2.75) is 32.1 Å². The summed E-state index contributed by atoms with van der Waals surface area (Å²) in [6, 6.07) is 9.20. The van der Waals surface area contributed by atoms with Crippen LogP contribution in [0.1, 0.15) is 37.7 Å². The lowest BCUT2D eigenvalue weighted by molar-refractivity contribution is -0.119. The van der Waals surface area contributed by atoms with Crippen LogP contribution >= 0.6 is 0 Å². The first-order chi connectivity index (χ1) is 10.3. The second-order valence-electron chi connectivity index (χ2n) is 5.25. The number of carbonyl (C=O) groups excluding carboxylic acids is 1. The Hall–Kier alpha value is -2.28. The molecule has 0 radical (unpaired) electrons. The lowest BCUT2D eigenvalue weighted by Gasteiger charge is -2.13. The first-order valence-electron chi connectivity index (χ1n) is 7.46. The molecule has 0 saturated carbocycles. The van der Waals surface area contributed by atoms with Gasteiger partial charge in [0.2, 0.25) is 5.91 Å². The highest BCUT2D eigenvalue weighted by molar-refractivity contribution is 5.80. The van der Waals surface area contributed by atoms with Gasteiger partial charge >= 0.3 is 0 Å². The molecule has 110 valence electrons. The second-order valence-corrected chi connectivity index (χ2v) is 5.25. The van der Waals surface area contributed by atoms with E-state index in [0.29, 0.717) is 12.1 Å². The van der Waals surface area contributed by atoms with Crippen LogP contribution < -0.4 is 10.6 Å². The Balaban J connectivity index is 1.67. The third-order valence-corrected chi connectivity index (χ3v) is 3.60. The minimum Gasteiger partial charge on any atom is -0.376 e. The smallest absolute Gasteiger partial charge is 0.239 e. The van der Waals surface area contributed by atoms with Gasteiger partial charge in [0.25, 0.3) is 0 Å². The van der Waals surface area contributed by atoms with E-state index in [1.807, 2.05) is 6.07 Å². The first-order valence-corrected chi connectivity index (χ1v) is 7.46. The average Bonchev–Trinajstić information content (AvgIpc) is 2.54. The highest BCUT2D eigenvalue weighted by atomic mass is 16.1. The number of benzene rings is 1. The van der Waals surface area contributed by atoms with Crippen LogP contribution in [-0.2, 0) is 4.79 Å². The number of nitrogens with one attached hydrogen (secondary N) is 2. The van der Waals surface area contributed by atoms with E-state index in [0.717, 1.165) is 12.1 Å².